The van der Waals surface area contributed by atoms with Gasteiger partial charge >= 0.3 is 0 Å². The molecule has 0 spiro atoms. The van der Waals surface area contributed by atoms with Crippen molar-refractivity contribution in [3.8, 4) is 23.7 Å². The largest absolute Gasteiger partial charge is 0.0925 e. The smallest absolute Gasteiger partial charge is 0.0325 e. The van der Waals surface area contributed by atoms with Crippen molar-refractivity contribution in [2.24, 2.45) is 35.0 Å². The van der Waals surface area contributed by atoms with E-state index < -0.39 is 0 Å². The lowest BCUT2D eigenvalue weighted by Crippen LogP contribution is -2.31. The predicted molar refractivity (Wildman–Crippen MR) is 117 cm³/mol. The quantitative estimate of drug-likeness (QED) is 0.449. The van der Waals surface area contributed by atoms with Gasteiger partial charge in [-0.15, -0.1) is 0 Å². The molecule has 0 N–H and O–H groups in total. The second kappa shape index (κ2) is 10.1. The molecule has 3 saturated carbocycles. The van der Waals surface area contributed by atoms with Crippen LogP contribution in [0.4, 0.5) is 0 Å². The molecule has 3 aliphatic rings. The monoisotopic (exact) mass is 366 g/mol. The van der Waals surface area contributed by atoms with Gasteiger partial charge in [0.15, 0.2) is 0 Å². The molecule has 0 heterocycles. The van der Waals surface area contributed by atoms with Crippen LogP contribution in [0, 0.1) is 58.7 Å². The lowest BCUT2D eigenvalue weighted by molar-refractivity contribution is 0.114. The third kappa shape index (κ3) is 6.05. The highest BCUT2D eigenvalue weighted by Gasteiger charge is 2.37. The van der Waals surface area contributed by atoms with E-state index in [9.17, 15) is 0 Å². The van der Waals surface area contributed by atoms with Gasteiger partial charge in [-0.05, 0) is 99.7 Å². The summed E-state index contributed by atoms with van der Waals surface area (Å²) in [5.41, 5.74) is 0.283. The maximum atomic E-state index is 3.69. The summed E-state index contributed by atoms with van der Waals surface area (Å²) in [7, 11) is 0. The SMILES string of the molecule is CC#CC#CC1(CCC2CCC(C)CC2)CCC(C2CCC(C)CC2)CC1. The zero-order valence-corrected chi connectivity index (χ0v) is 18.3. The van der Waals surface area contributed by atoms with E-state index in [0.29, 0.717) is 0 Å². The van der Waals surface area contributed by atoms with Crippen molar-refractivity contribution < 1.29 is 0 Å². The van der Waals surface area contributed by atoms with Gasteiger partial charge in [0.05, 0.1) is 0 Å². The number of hydrogen-bond acceptors (Lipinski definition) is 0. The third-order valence-corrected chi connectivity index (χ3v) is 8.40. The van der Waals surface area contributed by atoms with Crippen LogP contribution in [0.5, 0.6) is 0 Å². The van der Waals surface area contributed by atoms with Crippen LogP contribution in [0.25, 0.3) is 0 Å². The Morgan fingerprint density at radius 3 is 1.85 bits per heavy atom. The molecule has 150 valence electrons. The van der Waals surface area contributed by atoms with Gasteiger partial charge in [0, 0.05) is 5.41 Å². The maximum absolute atomic E-state index is 3.69. The van der Waals surface area contributed by atoms with Gasteiger partial charge in [-0.1, -0.05) is 64.2 Å². The summed E-state index contributed by atoms with van der Waals surface area (Å²) in [6, 6.07) is 0. The first-order chi connectivity index (χ1) is 13.1. The second-order valence-corrected chi connectivity index (χ2v) is 10.4. The van der Waals surface area contributed by atoms with Crippen LogP contribution in [0.2, 0.25) is 0 Å². The fourth-order valence-electron chi connectivity index (χ4n) is 6.18. The second-order valence-electron chi connectivity index (χ2n) is 10.4. The van der Waals surface area contributed by atoms with E-state index in [1.807, 2.05) is 6.92 Å². The molecule has 0 amide bonds. The summed E-state index contributed by atoms with van der Waals surface area (Å²) in [5.74, 6) is 17.8. The van der Waals surface area contributed by atoms with Crippen molar-refractivity contribution in [1.82, 2.24) is 0 Å². The van der Waals surface area contributed by atoms with Crippen LogP contribution in [0.3, 0.4) is 0 Å². The Bertz CT molecular complexity index is 553. The molecule has 3 rings (SSSR count). The molecule has 3 aliphatic carbocycles. The minimum atomic E-state index is 0.283. The number of hydrogen-bond donors (Lipinski definition) is 0. The fourth-order valence-corrected chi connectivity index (χ4v) is 6.18. The standard InChI is InChI=1S/C27H42/c1-4-5-6-18-27(19-15-24-11-7-22(2)8-12-24)20-16-26(17-21-27)25-13-9-23(3)10-14-25/h22-26H,7-17,19-21H2,1-3H3. The summed E-state index contributed by atoms with van der Waals surface area (Å²) < 4.78 is 0. The predicted octanol–water partition coefficient (Wildman–Crippen LogP) is 7.62. The molecule has 0 nitrogen and oxygen atoms in total. The first-order valence-electron chi connectivity index (χ1n) is 12.0. The normalized spacial score (nSPS) is 39.6. The molecule has 3 fully saturated rings. The summed E-state index contributed by atoms with van der Waals surface area (Å²) in [5, 5.41) is 0. The van der Waals surface area contributed by atoms with E-state index in [2.05, 4.69) is 37.5 Å². The summed E-state index contributed by atoms with van der Waals surface area (Å²) in [4.78, 5) is 0. The highest BCUT2D eigenvalue weighted by atomic mass is 14.4. The lowest BCUT2D eigenvalue weighted by atomic mass is 9.62. The van der Waals surface area contributed by atoms with Crippen LogP contribution in [0.15, 0.2) is 0 Å². The third-order valence-electron chi connectivity index (χ3n) is 8.40. The van der Waals surface area contributed by atoms with E-state index in [1.165, 1.54) is 89.9 Å². The Morgan fingerprint density at radius 1 is 0.704 bits per heavy atom. The van der Waals surface area contributed by atoms with Crippen molar-refractivity contribution in [1.29, 1.82) is 0 Å². The molecular formula is C27H42. The molecule has 0 aromatic heterocycles. The highest BCUT2D eigenvalue weighted by molar-refractivity contribution is 5.28. The van der Waals surface area contributed by atoms with E-state index in [1.54, 1.807) is 0 Å². The molecular weight excluding hydrogens is 324 g/mol. The molecule has 0 unspecified atom stereocenters. The Morgan fingerprint density at radius 2 is 1.26 bits per heavy atom. The number of rotatable bonds is 4. The van der Waals surface area contributed by atoms with Gasteiger partial charge in [-0.3, -0.25) is 0 Å². The van der Waals surface area contributed by atoms with Crippen molar-refractivity contribution in [3.05, 3.63) is 0 Å². The molecule has 0 atom stereocenters. The lowest BCUT2D eigenvalue weighted by Gasteiger charge is -2.42. The van der Waals surface area contributed by atoms with Crippen molar-refractivity contribution >= 4 is 0 Å². The molecule has 0 aromatic carbocycles. The van der Waals surface area contributed by atoms with Crippen molar-refractivity contribution in [2.45, 2.75) is 111 Å². The van der Waals surface area contributed by atoms with Gasteiger partial charge in [0.1, 0.15) is 0 Å². The van der Waals surface area contributed by atoms with Crippen LogP contribution >= 0.6 is 0 Å². The summed E-state index contributed by atoms with van der Waals surface area (Å²) >= 11 is 0. The fraction of sp³-hybridized carbons (Fsp3) is 0.852. The maximum Gasteiger partial charge on any atom is 0.0325 e. The van der Waals surface area contributed by atoms with E-state index >= 15 is 0 Å². The Labute approximate surface area is 169 Å². The molecule has 0 heteroatoms. The van der Waals surface area contributed by atoms with Crippen molar-refractivity contribution in [2.75, 3.05) is 0 Å². The molecule has 0 saturated heterocycles. The van der Waals surface area contributed by atoms with Crippen LogP contribution in [-0.2, 0) is 0 Å². The first kappa shape index (κ1) is 20.8. The van der Waals surface area contributed by atoms with Crippen LogP contribution < -0.4 is 0 Å². The van der Waals surface area contributed by atoms with E-state index in [-0.39, 0.29) is 5.41 Å². The Hall–Kier alpha value is -0.880. The van der Waals surface area contributed by atoms with Gasteiger partial charge in [-0.2, -0.15) is 0 Å². The Kier molecular flexibility index (Phi) is 7.76. The average molecular weight is 367 g/mol. The summed E-state index contributed by atoms with van der Waals surface area (Å²) in [6.07, 6.45) is 20.0. The highest BCUT2D eigenvalue weighted by Crippen LogP contribution is 2.48. The molecule has 0 radical (unpaired) electrons. The van der Waals surface area contributed by atoms with Crippen LogP contribution in [0.1, 0.15) is 111 Å². The molecule has 0 aromatic rings. The van der Waals surface area contributed by atoms with Gasteiger partial charge in [0.25, 0.3) is 0 Å². The molecule has 0 bridgehead atoms. The van der Waals surface area contributed by atoms with E-state index in [0.717, 1.165) is 29.6 Å². The van der Waals surface area contributed by atoms with Gasteiger partial charge in [0.2, 0.25) is 0 Å². The topological polar surface area (TPSA) is 0 Å². The molecule has 27 heavy (non-hydrogen) atoms. The molecule has 0 aliphatic heterocycles. The van der Waals surface area contributed by atoms with E-state index in [4.69, 9.17) is 0 Å². The zero-order chi connectivity index (χ0) is 19.1. The van der Waals surface area contributed by atoms with Gasteiger partial charge in [-0.25, -0.2) is 0 Å². The average Bonchev–Trinajstić information content (AvgIpc) is 2.69. The van der Waals surface area contributed by atoms with Crippen LogP contribution in [-0.4, -0.2) is 0 Å². The zero-order valence-electron chi connectivity index (χ0n) is 18.3. The minimum Gasteiger partial charge on any atom is -0.0925 e. The minimum absolute atomic E-state index is 0.283. The van der Waals surface area contributed by atoms with Crippen molar-refractivity contribution in [3.63, 3.8) is 0 Å². The van der Waals surface area contributed by atoms with Gasteiger partial charge < -0.3 is 0 Å². The summed E-state index contributed by atoms with van der Waals surface area (Å²) in [6.45, 7) is 6.78. The Balaban J connectivity index is 1.56. The first-order valence-corrected chi connectivity index (χ1v) is 12.0.